The number of urea groups is 1. The summed E-state index contributed by atoms with van der Waals surface area (Å²) >= 11 is 6.00. The maximum Gasteiger partial charge on any atom is 0.321 e. The average molecular weight is 414 g/mol. The van der Waals surface area contributed by atoms with E-state index in [1.807, 2.05) is 12.1 Å². The van der Waals surface area contributed by atoms with E-state index >= 15 is 0 Å². The van der Waals surface area contributed by atoms with Crippen molar-refractivity contribution in [2.75, 3.05) is 11.6 Å². The van der Waals surface area contributed by atoms with Gasteiger partial charge < -0.3 is 15.8 Å². The molecule has 1 aliphatic heterocycles. The molecule has 2 aliphatic rings. The summed E-state index contributed by atoms with van der Waals surface area (Å²) in [4.78, 5) is 38.2. The van der Waals surface area contributed by atoms with Gasteiger partial charge in [0.1, 0.15) is 5.75 Å². The minimum atomic E-state index is -0.735. The van der Waals surface area contributed by atoms with Crippen LogP contribution < -0.4 is 20.7 Å². The van der Waals surface area contributed by atoms with Crippen LogP contribution in [0, 0.1) is 0 Å². The number of fused-ring (bicyclic) bond motifs is 1. The van der Waals surface area contributed by atoms with Crippen LogP contribution in [-0.4, -0.2) is 24.6 Å². The van der Waals surface area contributed by atoms with E-state index in [9.17, 15) is 14.4 Å². The first kappa shape index (κ1) is 19.3. The number of primary amides is 1. The molecule has 4 rings (SSSR count). The number of esters is 1. The van der Waals surface area contributed by atoms with Crippen molar-refractivity contribution in [1.82, 2.24) is 5.32 Å². The molecule has 2 aromatic rings. The minimum Gasteiger partial charge on any atom is -0.426 e. The molecule has 1 saturated carbocycles. The molecule has 150 valence electrons. The van der Waals surface area contributed by atoms with Crippen LogP contribution in [-0.2, 0) is 10.2 Å². The monoisotopic (exact) mass is 413 g/mol. The van der Waals surface area contributed by atoms with E-state index in [1.54, 1.807) is 18.2 Å². The maximum absolute atomic E-state index is 13.2. The number of carbonyl (C=O) groups is 3. The molecule has 1 heterocycles. The zero-order valence-electron chi connectivity index (χ0n) is 15.6. The fourth-order valence-corrected chi connectivity index (χ4v) is 4.21. The van der Waals surface area contributed by atoms with E-state index in [4.69, 9.17) is 22.1 Å². The van der Waals surface area contributed by atoms with Crippen LogP contribution in [0.3, 0.4) is 0 Å². The third kappa shape index (κ3) is 3.42. The number of ether oxygens (including phenoxy) is 1. The maximum atomic E-state index is 13.2. The van der Waals surface area contributed by atoms with Crippen molar-refractivity contribution in [3.63, 3.8) is 0 Å². The Morgan fingerprint density at radius 1 is 1.10 bits per heavy atom. The lowest BCUT2D eigenvalue weighted by atomic mass is 9.79. The summed E-state index contributed by atoms with van der Waals surface area (Å²) < 4.78 is 5.73. The fraction of sp³-hybridized carbons (Fsp3) is 0.286. The highest BCUT2D eigenvalue weighted by Gasteiger charge is 2.44. The third-order valence-electron chi connectivity index (χ3n) is 5.62. The van der Waals surface area contributed by atoms with Crippen molar-refractivity contribution in [3.8, 4) is 5.75 Å². The highest BCUT2D eigenvalue weighted by atomic mass is 35.5. The van der Waals surface area contributed by atoms with Gasteiger partial charge >= 0.3 is 12.0 Å². The van der Waals surface area contributed by atoms with E-state index in [1.165, 1.54) is 17.0 Å². The highest BCUT2D eigenvalue weighted by Crippen LogP contribution is 2.43. The van der Waals surface area contributed by atoms with E-state index in [2.05, 4.69) is 5.32 Å². The molecule has 1 aliphatic carbocycles. The van der Waals surface area contributed by atoms with Crippen LogP contribution >= 0.6 is 11.6 Å². The lowest BCUT2D eigenvalue weighted by Gasteiger charge is -2.29. The lowest BCUT2D eigenvalue weighted by molar-refractivity contribution is -0.140. The van der Waals surface area contributed by atoms with E-state index < -0.39 is 11.4 Å². The van der Waals surface area contributed by atoms with Gasteiger partial charge in [0.2, 0.25) is 0 Å². The molecule has 0 atom stereocenters. The number of amides is 3. The number of benzene rings is 2. The van der Waals surface area contributed by atoms with Crippen molar-refractivity contribution in [2.45, 2.75) is 31.1 Å². The zero-order chi connectivity index (χ0) is 20.6. The second kappa shape index (κ2) is 7.40. The lowest BCUT2D eigenvalue weighted by Crippen LogP contribution is -2.48. The summed E-state index contributed by atoms with van der Waals surface area (Å²) in [5.74, 6) is -0.415. The summed E-state index contributed by atoms with van der Waals surface area (Å²) in [6.45, 7) is -0.0344. The molecule has 8 heteroatoms. The Labute approximate surface area is 172 Å². The Bertz CT molecular complexity index is 984. The fourth-order valence-electron chi connectivity index (χ4n) is 4.08. The number of anilines is 1. The van der Waals surface area contributed by atoms with Crippen LogP contribution in [0.1, 0.15) is 41.6 Å². The number of nitrogens with two attached hydrogens (primary N) is 1. The molecule has 0 unspecified atom stereocenters. The Hall–Kier alpha value is -3.06. The Kier molecular flexibility index (Phi) is 4.92. The van der Waals surface area contributed by atoms with Gasteiger partial charge in [0, 0.05) is 11.1 Å². The largest absolute Gasteiger partial charge is 0.426 e. The Morgan fingerprint density at radius 3 is 2.45 bits per heavy atom. The van der Waals surface area contributed by atoms with Crippen LogP contribution in [0.15, 0.2) is 42.5 Å². The van der Waals surface area contributed by atoms with Gasteiger partial charge in [-0.1, -0.05) is 36.6 Å². The molecule has 0 aromatic heterocycles. The molecule has 0 saturated heterocycles. The van der Waals surface area contributed by atoms with Gasteiger partial charge in [0.05, 0.1) is 23.3 Å². The smallest absolute Gasteiger partial charge is 0.321 e. The quantitative estimate of drug-likeness (QED) is 0.595. The topological polar surface area (TPSA) is 102 Å². The normalized spacial score (nSPS) is 17.4. The summed E-state index contributed by atoms with van der Waals surface area (Å²) in [5, 5.41) is 3.18. The molecule has 0 spiro atoms. The highest BCUT2D eigenvalue weighted by molar-refractivity contribution is 6.30. The van der Waals surface area contributed by atoms with Crippen molar-refractivity contribution in [3.05, 3.63) is 58.6 Å². The molecular formula is C21H20ClN3O4. The van der Waals surface area contributed by atoms with Gasteiger partial charge in [-0.2, -0.15) is 0 Å². The van der Waals surface area contributed by atoms with Crippen molar-refractivity contribution in [2.24, 2.45) is 5.73 Å². The first-order valence-electron chi connectivity index (χ1n) is 9.38. The van der Waals surface area contributed by atoms with Crippen LogP contribution in [0.5, 0.6) is 5.75 Å². The summed E-state index contributed by atoms with van der Waals surface area (Å²) in [5.41, 5.74) is 6.16. The second-order valence-electron chi connectivity index (χ2n) is 7.29. The van der Waals surface area contributed by atoms with Gasteiger partial charge in [0.15, 0.2) is 0 Å². The molecule has 1 fully saturated rings. The van der Waals surface area contributed by atoms with Gasteiger partial charge in [0.25, 0.3) is 5.91 Å². The second-order valence-corrected chi connectivity index (χ2v) is 7.73. The van der Waals surface area contributed by atoms with E-state index in [0.29, 0.717) is 29.1 Å². The average Bonchev–Trinajstić information content (AvgIpc) is 3.19. The first-order valence-corrected chi connectivity index (χ1v) is 9.76. The molecule has 29 heavy (non-hydrogen) atoms. The number of halogens is 1. The number of nitrogens with one attached hydrogen (secondary N) is 1. The van der Waals surface area contributed by atoms with Gasteiger partial charge in [-0.3, -0.25) is 14.5 Å². The molecular weight excluding hydrogens is 394 g/mol. The number of nitrogens with zero attached hydrogens (tertiary/aromatic N) is 1. The number of carbonyl (C=O) groups excluding carboxylic acids is 3. The van der Waals surface area contributed by atoms with Crippen molar-refractivity contribution >= 4 is 35.2 Å². The number of hydrogen-bond acceptors (Lipinski definition) is 4. The number of hydrogen-bond donors (Lipinski definition) is 2. The van der Waals surface area contributed by atoms with Crippen molar-refractivity contribution in [1.29, 1.82) is 0 Å². The third-order valence-corrected chi connectivity index (χ3v) is 5.88. The molecule has 7 nitrogen and oxygen atoms in total. The van der Waals surface area contributed by atoms with Gasteiger partial charge in [-0.05, 0) is 42.7 Å². The SMILES string of the molecule is NC(=O)N1CNC(=O)c2ccc(OC(=O)C3(c4ccc(Cl)cc4)CCCC3)cc21. The zero-order valence-corrected chi connectivity index (χ0v) is 16.4. The first-order chi connectivity index (χ1) is 13.9. The van der Waals surface area contributed by atoms with Crippen LogP contribution in [0.4, 0.5) is 10.5 Å². The Balaban J connectivity index is 1.65. The molecule has 3 N–H and O–H groups in total. The van der Waals surface area contributed by atoms with Gasteiger partial charge in [-0.25, -0.2) is 4.79 Å². The molecule has 0 bridgehead atoms. The predicted molar refractivity (Wildman–Crippen MR) is 108 cm³/mol. The van der Waals surface area contributed by atoms with Crippen LogP contribution in [0.2, 0.25) is 5.02 Å². The van der Waals surface area contributed by atoms with Gasteiger partial charge in [-0.15, -0.1) is 0 Å². The molecule has 2 aromatic carbocycles. The molecule has 3 amide bonds. The predicted octanol–water partition coefficient (Wildman–Crippen LogP) is 3.34. The summed E-state index contributed by atoms with van der Waals surface area (Å²) in [6.07, 6.45) is 3.23. The van der Waals surface area contributed by atoms with E-state index in [-0.39, 0.29) is 24.3 Å². The summed E-state index contributed by atoms with van der Waals surface area (Å²) in [6, 6.07) is 11.1. The number of rotatable bonds is 3. The van der Waals surface area contributed by atoms with E-state index in [0.717, 1.165) is 18.4 Å². The summed E-state index contributed by atoms with van der Waals surface area (Å²) in [7, 11) is 0. The molecule has 0 radical (unpaired) electrons. The van der Waals surface area contributed by atoms with Crippen molar-refractivity contribution < 1.29 is 19.1 Å². The standard InChI is InChI=1S/C21H20ClN3O4/c22-14-5-3-13(4-6-14)21(9-1-2-10-21)19(27)29-15-7-8-16-17(11-15)25(20(23)28)12-24-18(16)26/h3-8,11H,1-2,9-10,12H2,(H2,23,28)(H,24,26). The Morgan fingerprint density at radius 2 is 1.79 bits per heavy atom. The van der Waals surface area contributed by atoms with Crippen LogP contribution in [0.25, 0.3) is 0 Å². The minimum absolute atomic E-state index is 0.0344.